The minimum absolute atomic E-state index is 0.0376. The van der Waals surface area contributed by atoms with Crippen LogP contribution in [-0.4, -0.2) is 41.1 Å². The highest BCUT2D eigenvalue weighted by molar-refractivity contribution is 5.77. The summed E-state index contributed by atoms with van der Waals surface area (Å²) in [6.07, 6.45) is 3.80. The lowest BCUT2D eigenvalue weighted by Gasteiger charge is -2.26. The summed E-state index contributed by atoms with van der Waals surface area (Å²) in [7, 11) is 2.06. The van der Waals surface area contributed by atoms with Gasteiger partial charge in [0.1, 0.15) is 0 Å². The van der Waals surface area contributed by atoms with E-state index in [9.17, 15) is 9.90 Å². The van der Waals surface area contributed by atoms with Crippen LogP contribution >= 0.6 is 0 Å². The Balaban J connectivity index is 1.72. The van der Waals surface area contributed by atoms with Crippen molar-refractivity contribution in [2.75, 3.05) is 13.6 Å². The van der Waals surface area contributed by atoms with Gasteiger partial charge in [-0.3, -0.25) is 9.69 Å². The molecule has 122 valence electrons. The molecule has 2 rings (SSSR count). The molecule has 4 heteroatoms. The maximum atomic E-state index is 12.0. The summed E-state index contributed by atoms with van der Waals surface area (Å²) < 4.78 is 0. The fourth-order valence-corrected chi connectivity index (χ4v) is 3.02. The predicted octanol–water partition coefficient (Wildman–Crippen LogP) is 2.32. The van der Waals surface area contributed by atoms with Gasteiger partial charge in [0.25, 0.3) is 0 Å². The number of nitrogens with one attached hydrogen (secondary N) is 1. The van der Waals surface area contributed by atoms with Crippen LogP contribution in [-0.2, 0) is 11.3 Å². The van der Waals surface area contributed by atoms with Crippen molar-refractivity contribution in [1.82, 2.24) is 10.2 Å². The molecular formula is C18H28N2O2. The first-order valence-corrected chi connectivity index (χ1v) is 8.22. The van der Waals surface area contributed by atoms with Crippen LogP contribution in [0.1, 0.15) is 44.6 Å². The molecule has 0 aliphatic heterocycles. The topological polar surface area (TPSA) is 52.6 Å². The number of likely N-dealkylation sites (N-methyl/N-ethyl adjacent to an activating group) is 1. The van der Waals surface area contributed by atoms with Crippen molar-refractivity contribution in [2.24, 2.45) is 0 Å². The summed E-state index contributed by atoms with van der Waals surface area (Å²) in [5.41, 5.74) is 0.506. The number of hydrogen-bond acceptors (Lipinski definition) is 3. The number of rotatable bonds is 7. The van der Waals surface area contributed by atoms with Crippen LogP contribution < -0.4 is 5.32 Å². The van der Waals surface area contributed by atoms with E-state index < -0.39 is 5.60 Å². The van der Waals surface area contributed by atoms with E-state index in [2.05, 4.69) is 36.3 Å². The molecule has 1 atom stereocenters. The van der Waals surface area contributed by atoms with E-state index in [0.717, 1.165) is 32.2 Å². The molecule has 4 nitrogen and oxygen atoms in total. The van der Waals surface area contributed by atoms with Crippen molar-refractivity contribution < 1.29 is 9.90 Å². The lowest BCUT2D eigenvalue weighted by molar-refractivity contribution is -0.126. The highest BCUT2D eigenvalue weighted by Crippen LogP contribution is 2.32. The maximum Gasteiger partial charge on any atom is 0.222 e. The molecule has 0 bridgehead atoms. The molecule has 0 spiro atoms. The van der Waals surface area contributed by atoms with Crippen LogP contribution in [0.25, 0.3) is 0 Å². The summed E-state index contributed by atoms with van der Waals surface area (Å²) in [4.78, 5) is 14.2. The monoisotopic (exact) mass is 304 g/mol. The first kappa shape index (κ1) is 17.0. The number of nitrogens with zero attached hydrogens (tertiary/aromatic N) is 1. The zero-order valence-electron chi connectivity index (χ0n) is 13.7. The Morgan fingerprint density at radius 2 is 1.95 bits per heavy atom. The van der Waals surface area contributed by atoms with Gasteiger partial charge in [0, 0.05) is 19.1 Å². The third-order valence-electron chi connectivity index (χ3n) is 4.65. The number of carbonyl (C=O) groups excluding carboxylic acids is 1. The average Bonchev–Trinajstić information content (AvgIpc) is 2.92. The highest BCUT2D eigenvalue weighted by atomic mass is 16.3. The largest absolute Gasteiger partial charge is 0.389 e. The molecule has 0 radical (unpaired) electrons. The average molecular weight is 304 g/mol. The molecule has 1 fully saturated rings. The van der Waals surface area contributed by atoms with E-state index >= 15 is 0 Å². The van der Waals surface area contributed by atoms with Crippen LogP contribution in [0, 0.1) is 0 Å². The maximum absolute atomic E-state index is 12.0. The van der Waals surface area contributed by atoms with E-state index in [1.54, 1.807) is 0 Å². The van der Waals surface area contributed by atoms with Gasteiger partial charge < -0.3 is 10.4 Å². The van der Waals surface area contributed by atoms with Crippen LogP contribution in [0.5, 0.6) is 0 Å². The number of amides is 1. The van der Waals surface area contributed by atoms with Gasteiger partial charge in [0.15, 0.2) is 0 Å². The van der Waals surface area contributed by atoms with Crippen molar-refractivity contribution in [3.8, 4) is 0 Å². The molecule has 2 N–H and O–H groups in total. The van der Waals surface area contributed by atoms with Crippen molar-refractivity contribution >= 4 is 5.91 Å². The Hall–Kier alpha value is -1.39. The van der Waals surface area contributed by atoms with Crippen molar-refractivity contribution in [2.45, 2.75) is 57.2 Å². The highest BCUT2D eigenvalue weighted by Gasteiger charge is 2.33. The molecule has 22 heavy (non-hydrogen) atoms. The van der Waals surface area contributed by atoms with Gasteiger partial charge in [-0.05, 0) is 32.4 Å². The molecule has 0 aromatic heterocycles. The summed E-state index contributed by atoms with van der Waals surface area (Å²) in [6.45, 7) is 3.58. The molecule has 1 aliphatic carbocycles. The lowest BCUT2D eigenvalue weighted by Crippen LogP contribution is -2.42. The summed E-state index contributed by atoms with van der Waals surface area (Å²) in [5, 5.41) is 13.2. The first-order chi connectivity index (χ1) is 10.5. The molecule has 1 unspecified atom stereocenters. The van der Waals surface area contributed by atoms with Gasteiger partial charge in [-0.15, -0.1) is 0 Å². The van der Waals surface area contributed by atoms with Gasteiger partial charge in [-0.25, -0.2) is 0 Å². The smallest absolute Gasteiger partial charge is 0.222 e. The van der Waals surface area contributed by atoms with E-state index in [4.69, 9.17) is 0 Å². The Bertz CT molecular complexity index is 469. The second kappa shape index (κ2) is 7.75. The van der Waals surface area contributed by atoms with Crippen LogP contribution in [0.4, 0.5) is 0 Å². The zero-order chi connectivity index (χ0) is 16.0. The minimum atomic E-state index is -0.761. The molecule has 1 aromatic rings. The fourth-order valence-electron chi connectivity index (χ4n) is 3.02. The molecular weight excluding hydrogens is 276 g/mol. The minimum Gasteiger partial charge on any atom is -0.389 e. The number of benzene rings is 1. The third-order valence-corrected chi connectivity index (χ3v) is 4.65. The summed E-state index contributed by atoms with van der Waals surface area (Å²) in [5.74, 6) is -0.0376. The van der Waals surface area contributed by atoms with Crippen LogP contribution in [0.3, 0.4) is 0 Å². The Kier molecular flexibility index (Phi) is 5.98. The van der Waals surface area contributed by atoms with Crippen LogP contribution in [0.2, 0.25) is 0 Å². The van der Waals surface area contributed by atoms with E-state index in [0.29, 0.717) is 6.54 Å². The number of hydrogen-bond donors (Lipinski definition) is 2. The van der Waals surface area contributed by atoms with E-state index in [1.807, 2.05) is 18.2 Å². The molecule has 1 amide bonds. The van der Waals surface area contributed by atoms with E-state index in [-0.39, 0.29) is 18.4 Å². The zero-order valence-corrected chi connectivity index (χ0v) is 13.7. The molecule has 0 heterocycles. The van der Waals surface area contributed by atoms with Crippen molar-refractivity contribution in [1.29, 1.82) is 0 Å². The van der Waals surface area contributed by atoms with Crippen molar-refractivity contribution in [3.63, 3.8) is 0 Å². The lowest BCUT2D eigenvalue weighted by atomic mass is 9.97. The standard InChI is InChI=1S/C18H28N2O2/c1-15(20(2)14-16-8-4-3-5-9-16)13-19-17(21)12-18(22)10-6-7-11-18/h3-5,8-9,15,22H,6-7,10-14H2,1-2H3,(H,19,21). The van der Waals surface area contributed by atoms with Gasteiger partial charge >= 0.3 is 0 Å². The van der Waals surface area contributed by atoms with Gasteiger partial charge in [-0.2, -0.15) is 0 Å². The van der Waals surface area contributed by atoms with E-state index in [1.165, 1.54) is 5.56 Å². The van der Waals surface area contributed by atoms with Gasteiger partial charge in [0.2, 0.25) is 5.91 Å². The second-order valence-electron chi connectivity index (χ2n) is 6.66. The molecule has 0 saturated heterocycles. The van der Waals surface area contributed by atoms with Gasteiger partial charge in [-0.1, -0.05) is 43.2 Å². The fraction of sp³-hybridized carbons (Fsp3) is 0.611. The normalized spacial score (nSPS) is 18.4. The molecule has 1 saturated carbocycles. The Morgan fingerprint density at radius 1 is 1.32 bits per heavy atom. The summed E-state index contributed by atoms with van der Waals surface area (Å²) >= 11 is 0. The van der Waals surface area contributed by atoms with Crippen LogP contribution in [0.15, 0.2) is 30.3 Å². The Morgan fingerprint density at radius 3 is 2.59 bits per heavy atom. The van der Waals surface area contributed by atoms with Crippen molar-refractivity contribution in [3.05, 3.63) is 35.9 Å². The predicted molar refractivity (Wildman–Crippen MR) is 88.4 cm³/mol. The Labute approximate surface area is 133 Å². The third kappa shape index (κ3) is 5.11. The molecule has 1 aromatic carbocycles. The number of aliphatic hydroxyl groups is 1. The van der Waals surface area contributed by atoms with Gasteiger partial charge in [0.05, 0.1) is 12.0 Å². The molecule has 1 aliphatic rings. The summed E-state index contributed by atoms with van der Waals surface area (Å²) in [6, 6.07) is 10.6. The second-order valence-corrected chi connectivity index (χ2v) is 6.66. The quantitative estimate of drug-likeness (QED) is 0.813. The number of carbonyl (C=O) groups is 1. The SMILES string of the molecule is CC(CNC(=O)CC1(O)CCCC1)N(C)Cc1ccccc1. The first-order valence-electron chi connectivity index (χ1n) is 8.22.